The lowest BCUT2D eigenvalue weighted by atomic mass is 10.3. The minimum atomic E-state index is 0.303. The van der Waals surface area contributed by atoms with E-state index in [1.54, 1.807) is 0 Å². The molecule has 1 N–H and O–H groups in total. The van der Waals surface area contributed by atoms with Gasteiger partial charge in [0, 0.05) is 6.04 Å². The number of nitriles is 1. The molecule has 2 heterocycles. The van der Waals surface area contributed by atoms with E-state index >= 15 is 0 Å². The van der Waals surface area contributed by atoms with Gasteiger partial charge in [0.15, 0.2) is 17.8 Å². The number of nitrogens with zero attached hydrogens (tertiary/aromatic N) is 4. The zero-order valence-corrected chi connectivity index (χ0v) is 10.2. The maximum absolute atomic E-state index is 10.9. The lowest BCUT2D eigenvalue weighted by Gasteiger charge is -2.10. The number of carbonyl (C=O) groups is 1. The van der Waals surface area contributed by atoms with Gasteiger partial charge in [0.25, 0.3) is 0 Å². The number of aldehydes is 1. The van der Waals surface area contributed by atoms with Crippen LogP contribution in [0.3, 0.4) is 0 Å². The fourth-order valence-electron chi connectivity index (χ4n) is 1.74. The topological polar surface area (TPSA) is 83.1 Å². The zero-order chi connectivity index (χ0) is 12.7. The molecular formula is C11H9N5OS. The highest BCUT2D eigenvalue weighted by Gasteiger charge is 2.25. The van der Waals surface area contributed by atoms with E-state index in [1.165, 1.54) is 10.7 Å². The molecule has 0 atom stereocenters. The smallest absolute Gasteiger partial charge is 0.169 e. The number of carbonyl (C=O) groups excluding carboxylic acids is 1. The van der Waals surface area contributed by atoms with E-state index < -0.39 is 0 Å². The lowest BCUT2D eigenvalue weighted by Crippen LogP contribution is -2.11. The molecular weight excluding hydrogens is 250 g/mol. The van der Waals surface area contributed by atoms with Gasteiger partial charge in [-0.1, -0.05) is 0 Å². The molecule has 0 saturated heterocycles. The average molecular weight is 259 g/mol. The summed E-state index contributed by atoms with van der Waals surface area (Å²) in [6.45, 7) is 0. The summed E-state index contributed by atoms with van der Waals surface area (Å²) in [5, 5.41) is 16.8. The number of rotatable bonds is 3. The third-order valence-electron chi connectivity index (χ3n) is 2.81. The summed E-state index contributed by atoms with van der Waals surface area (Å²) in [5.74, 6) is 0.558. The minimum Gasteiger partial charge on any atom is -0.366 e. The highest BCUT2D eigenvalue weighted by atomic mass is 32.1. The van der Waals surface area contributed by atoms with Gasteiger partial charge in [0.2, 0.25) is 0 Å². The Labute approximate surface area is 108 Å². The maximum Gasteiger partial charge on any atom is 0.169 e. The van der Waals surface area contributed by atoms with Crippen LogP contribution < -0.4 is 5.32 Å². The van der Waals surface area contributed by atoms with Crippen molar-refractivity contribution in [2.45, 2.75) is 23.9 Å². The molecule has 7 heteroatoms. The van der Waals surface area contributed by atoms with Crippen LogP contribution in [0.5, 0.6) is 0 Å². The minimum absolute atomic E-state index is 0.303. The van der Waals surface area contributed by atoms with E-state index in [0.29, 0.717) is 39.9 Å². The zero-order valence-electron chi connectivity index (χ0n) is 9.29. The molecule has 0 spiro atoms. The number of hydrogen-bond donors (Lipinski definition) is 2. The summed E-state index contributed by atoms with van der Waals surface area (Å²) < 4.78 is 1.49. The van der Waals surface area contributed by atoms with Crippen LogP contribution >= 0.6 is 12.6 Å². The normalized spacial score (nSPS) is 14.4. The van der Waals surface area contributed by atoms with E-state index in [-0.39, 0.29) is 0 Å². The molecule has 1 aliphatic carbocycles. The first-order chi connectivity index (χ1) is 8.74. The molecule has 0 amide bonds. The number of nitrogens with one attached hydrogen (secondary N) is 1. The summed E-state index contributed by atoms with van der Waals surface area (Å²) in [6.07, 6.45) is 4.26. The van der Waals surface area contributed by atoms with Crippen molar-refractivity contribution in [3.63, 3.8) is 0 Å². The average Bonchev–Trinajstić information content (AvgIpc) is 3.08. The molecule has 1 saturated carbocycles. The van der Waals surface area contributed by atoms with Crippen LogP contribution in [0.2, 0.25) is 0 Å². The van der Waals surface area contributed by atoms with Crippen LogP contribution in [0, 0.1) is 11.3 Å². The van der Waals surface area contributed by atoms with E-state index in [9.17, 15) is 4.79 Å². The van der Waals surface area contributed by atoms with Crippen molar-refractivity contribution >= 4 is 30.4 Å². The Kier molecular flexibility index (Phi) is 2.45. The first kappa shape index (κ1) is 11.0. The van der Waals surface area contributed by atoms with Crippen molar-refractivity contribution in [2.24, 2.45) is 0 Å². The lowest BCUT2D eigenvalue weighted by molar-refractivity contribution is 0.112. The molecule has 0 unspecified atom stereocenters. The second kappa shape index (κ2) is 3.99. The predicted octanol–water partition coefficient (Wildman–Crippen LogP) is 1.28. The molecule has 2 aromatic heterocycles. The van der Waals surface area contributed by atoms with Crippen LogP contribution in [0.4, 0.5) is 5.82 Å². The number of aromatic nitrogens is 3. The molecule has 0 aromatic carbocycles. The summed E-state index contributed by atoms with van der Waals surface area (Å²) in [7, 11) is 0. The van der Waals surface area contributed by atoms with Crippen molar-refractivity contribution in [3.05, 3.63) is 17.3 Å². The van der Waals surface area contributed by atoms with Crippen molar-refractivity contribution < 1.29 is 4.79 Å². The van der Waals surface area contributed by atoms with Gasteiger partial charge in [-0.3, -0.25) is 4.79 Å². The SMILES string of the molecule is N#Cc1c(S)nc2c(C=O)cnn2c1NC1CC1. The second-order valence-electron chi connectivity index (χ2n) is 4.14. The Balaban J connectivity index is 2.29. The van der Waals surface area contributed by atoms with Gasteiger partial charge in [-0.2, -0.15) is 14.9 Å². The monoisotopic (exact) mass is 259 g/mol. The largest absolute Gasteiger partial charge is 0.366 e. The highest BCUT2D eigenvalue weighted by molar-refractivity contribution is 7.80. The molecule has 0 bridgehead atoms. The van der Waals surface area contributed by atoms with Gasteiger partial charge in [-0.05, 0) is 12.8 Å². The molecule has 1 aliphatic rings. The Morgan fingerprint density at radius 1 is 1.61 bits per heavy atom. The number of thiol groups is 1. The van der Waals surface area contributed by atoms with Gasteiger partial charge in [-0.15, -0.1) is 12.6 Å². The Morgan fingerprint density at radius 2 is 2.39 bits per heavy atom. The predicted molar refractivity (Wildman–Crippen MR) is 67.0 cm³/mol. The van der Waals surface area contributed by atoms with Gasteiger partial charge in [0.1, 0.15) is 16.7 Å². The highest BCUT2D eigenvalue weighted by Crippen LogP contribution is 2.29. The van der Waals surface area contributed by atoms with Crippen LogP contribution in [0.25, 0.3) is 5.65 Å². The van der Waals surface area contributed by atoms with E-state index in [4.69, 9.17) is 5.26 Å². The van der Waals surface area contributed by atoms with Crippen LogP contribution in [-0.4, -0.2) is 26.9 Å². The second-order valence-corrected chi connectivity index (χ2v) is 4.57. The third kappa shape index (κ3) is 1.62. The first-order valence-corrected chi connectivity index (χ1v) is 5.92. The fourth-order valence-corrected chi connectivity index (χ4v) is 1.99. The number of hydrogen-bond acceptors (Lipinski definition) is 6. The molecule has 0 radical (unpaired) electrons. The summed E-state index contributed by atoms with van der Waals surface area (Å²) in [6, 6.07) is 2.43. The van der Waals surface area contributed by atoms with Gasteiger partial charge in [0.05, 0.1) is 11.8 Å². The summed E-state index contributed by atoms with van der Waals surface area (Å²) in [4.78, 5) is 15.0. The molecule has 90 valence electrons. The quantitative estimate of drug-likeness (QED) is 0.493. The van der Waals surface area contributed by atoms with Crippen LogP contribution in [0.15, 0.2) is 11.2 Å². The summed E-state index contributed by atoms with van der Waals surface area (Å²) in [5.41, 5.74) is 1.14. The molecule has 6 nitrogen and oxygen atoms in total. The molecule has 2 aromatic rings. The van der Waals surface area contributed by atoms with E-state index in [2.05, 4.69) is 34.1 Å². The summed E-state index contributed by atoms with van der Waals surface area (Å²) >= 11 is 4.20. The van der Waals surface area contributed by atoms with Crippen molar-refractivity contribution in [2.75, 3.05) is 5.32 Å². The van der Waals surface area contributed by atoms with Gasteiger partial charge >= 0.3 is 0 Å². The first-order valence-electron chi connectivity index (χ1n) is 5.47. The maximum atomic E-state index is 10.9. The fraction of sp³-hybridized carbons (Fsp3) is 0.273. The van der Waals surface area contributed by atoms with Gasteiger partial charge in [-0.25, -0.2) is 4.98 Å². The van der Waals surface area contributed by atoms with Gasteiger partial charge < -0.3 is 5.32 Å². The van der Waals surface area contributed by atoms with Crippen molar-refractivity contribution in [3.8, 4) is 6.07 Å². The van der Waals surface area contributed by atoms with E-state index in [0.717, 1.165) is 12.8 Å². The Hall–Kier alpha value is -2.07. The van der Waals surface area contributed by atoms with E-state index in [1.807, 2.05) is 0 Å². The third-order valence-corrected chi connectivity index (χ3v) is 3.14. The van der Waals surface area contributed by atoms with Crippen LogP contribution in [0.1, 0.15) is 28.8 Å². The Bertz CT molecular complexity index is 683. The molecule has 1 fully saturated rings. The molecule has 0 aliphatic heterocycles. The van der Waals surface area contributed by atoms with Crippen molar-refractivity contribution in [1.82, 2.24) is 14.6 Å². The van der Waals surface area contributed by atoms with Crippen LogP contribution in [-0.2, 0) is 0 Å². The van der Waals surface area contributed by atoms with Crippen molar-refractivity contribution in [1.29, 1.82) is 5.26 Å². The Morgan fingerprint density at radius 3 is 3.00 bits per heavy atom. The standard InChI is InChI=1S/C11H9N5OS/c12-3-8-10(14-7-1-2-7)16-9(15-11(8)18)6(5-17)4-13-16/h4-5,7,14H,1-2H2,(H,15,18). The number of fused-ring (bicyclic) bond motifs is 1. The number of anilines is 1. The molecule has 18 heavy (non-hydrogen) atoms. The molecule has 3 rings (SSSR count).